The molecule has 0 radical (unpaired) electrons. The predicted octanol–water partition coefficient (Wildman–Crippen LogP) is -0.0624. The molecule has 0 aliphatic rings. The highest BCUT2D eigenvalue weighted by atomic mass is 16.5. The quantitative estimate of drug-likeness (QED) is 0.679. The van der Waals surface area contributed by atoms with Gasteiger partial charge in [0.25, 0.3) is 0 Å². The van der Waals surface area contributed by atoms with Crippen LogP contribution in [0.4, 0.5) is 11.6 Å². The van der Waals surface area contributed by atoms with Crippen molar-refractivity contribution >= 4 is 11.6 Å². The zero-order chi connectivity index (χ0) is 12.1. The van der Waals surface area contributed by atoms with Crippen LogP contribution in [0.15, 0.2) is 0 Å². The van der Waals surface area contributed by atoms with E-state index in [4.69, 9.17) is 20.9 Å². The number of anilines is 2. The number of hydrogen-bond acceptors (Lipinski definition) is 7. The van der Waals surface area contributed by atoms with E-state index in [1.807, 2.05) is 25.9 Å². The molecule has 1 heterocycles. The van der Waals surface area contributed by atoms with Crippen LogP contribution in [-0.2, 0) is 0 Å². The van der Waals surface area contributed by atoms with E-state index in [2.05, 4.69) is 9.97 Å². The summed E-state index contributed by atoms with van der Waals surface area (Å²) in [5.41, 5.74) is 11.6. The highest BCUT2D eigenvalue weighted by molar-refractivity contribution is 5.58. The lowest BCUT2D eigenvalue weighted by molar-refractivity contribution is 0.173. The standard InChI is InChI=1S/C9H17N5O2/c1-4-15-7-6(10)8(13-9(11)12-7)16-5-14(2)3/h4-5,10H2,1-3H3,(H2,11,12,13). The molecule has 0 spiro atoms. The molecule has 1 rings (SSSR count). The van der Waals surface area contributed by atoms with Gasteiger partial charge in [0.1, 0.15) is 6.73 Å². The predicted molar refractivity (Wildman–Crippen MR) is 61.2 cm³/mol. The Morgan fingerprint density at radius 1 is 1.12 bits per heavy atom. The summed E-state index contributed by atoms with van der Waals surface area (Å²) in [6.07, 6.45) is 0. The van der Waals surface area contributed by atoms with Crippen LogP contribution < -0.4 is 20.9 Å². The van der Waals surface area contributed by atoms with Crippen LogP contribution in [0, 0.1) is 0 Å². The monoisotopic (exact) mass is 227 g/mol. The normalized spacial score (nSPS) is 10.5. The van der Waals surface area contributed by atoms with Gasteiger partial charge in [-0.2, -0.15) is 9.97 Å². The molecule has 1 aromatic heterocycles. The summed E-state index contributed by atoms with van der Waals surface area (Å²) in [6.45, 7) is 2.64. The van der Waals surface area contributed by atoms with E-state index >= 15 is 0 Å². The maximum atomic E-state index is 5.78. The van der Waals surface area contributed by atoms with E-state index in [0.29, 0.717) is 13.3 Å². The Hall–Kier alpha value is -1.76. The molecule has 0 fully saturated rings. The van der Waals surface area contributed by atoms with E-state index < -0.39 is 0 Å². The van der Waals surface area contributed by atoms with Crippen LogP contribution >= 0.6 is 0 Å². The minimum absolute atomic E-state index is 0.0754. The van der Waals surface area contributed by atoms with E-state index in [-0.39, 0.29) is 23.4 Å². The molecule has 0 aliphatic carbocycles. The molecule has 0 saturated heterocycles. The molecule has 7 nitrogen and oxygen atoms in total. The molecular weight excluding hydrogens is 210 g/mol. The van der Waals surface area contributed by atoms with Crippen LogP contribution in [0.1, 0.15) is 6.92 Å². The van der Waals surface area contributed by atoms with Crippen molar-refractivity contribution in [1.29, 1.82) is 0 Å². The van der Waals surface area contributed by atoms with Crippen LogP contribution in [0.25, 0.3) is 0 Å². The Balaban J connectivity index is 2.90. The van der Waals surface area contributed by atoms with Crippen molar-refractivity contribution < 1.29 is 9.47 Å². The van der Waals surface area contributed by atoms with Crippen LogP contribution in [-0.4, -0.2) is 42.3 Å². The van der Waals surface area contributed by atoms with Gasteiger partial charge in [0.15, 0.2) is 5.69 Å². The molecule has 0 saturated carbocycles. The molecular formula is C9H17N5O2. The third kappa shape index (κ3) is 3.13. The lowest BCUT2D eigenvalue weighted by atomic mass is 10.5. The van der Waals surface area contributed by atoms with Crippen molar-refractivity contribution in [3.8, 4) is 11.8 Å². The first-order valence-corrected chi connectivity index (χ1v) is 4.88. The van der Waals surface area contributed by atoms with Crippen LogP contribution in [0.5, 0.6) is 11.8 Å². The van der Waals surface area contributed by atoms with E-state index in [0.717, 1.165) is 0 Å². The first kappa shape index (κ1) is 12.3. The second-order valence-electron chi connectivity index (χ2n) is 3.39. The molecule has 0 amide bonds. The summed E-state index contributed by atoms with van der Waals surface area (Å²) >= 11 is 0. The first-order chi connectivity index (χ1) is 7.54. The van der Waals surface area contributed by atoms with Gasteiger partial charge in [0.2, 0.25) is 17.7 Å². The molecule has 7 heteroatoms. The molecule has 0 unspecified atom stereocenters. The number of hydrogen-bond donors (Lipinski definition) is 2. The second-order valence-corrected chi connectivity index (χ2v) is 3.39. The lowest BCUT2D eigenvalue weighted by Gasteiger charge is -2.14. The fourth-order valence-corrected chi connectivity index (χ4v) is 0.992. The molecule has 90 valence electrons. The molecule has 0 aromatic carbocycles. The maximum Gasteiger partial charge on any atom is 0.247 e. The van der Waals surface area contributed by atoms with Crippen molar-refractivity contribution in [3.05, 3.63) is 0 Å². The summed E-state index contributed by atoms with van der Waals surface area (Å²) in [6, 6.07) is 0. The average Bonchev–Trinajstić information content (AvgIpc) is 2.21. The van der Waals surface area contributed by atoms with Gasteiger partial charge in [-0.05, 0) is 21.0 Å². The fraction of sp³-hybridized carbons (Fsp3) is 0.556. The largest absolute Gasteiger partial charge is 0.476 e. The number of rotatable bonds is 5. The minimum atomic E-state index is 0.0754. The summed E-state index contributed by atoms with van der Waals surface area (Å²) < 4.78 is 10.6. The number of nitrogens with zero attached hydrogens (tertiary/aromatic N) is 3. The van der Waals surface area contributed by atoms with Gasteiger partial charge in [-0.1, -0.05) is 0 Å². The topological polar surface area (TPSA) is 99.5 Å². The van der Waals surface area contributed by atoms with Crippen molar-refractivity contribution in [2.45, 2.75) is 6.92 Å². The Morgan fingerprint density at radius 2 is 1.69 bits per heavy atom. The molecule has 1 aromatic rings. The lowest BCUT2D eigenvalue weighted by Crippen LogP contribution is -2.20. The highest BCUT2D eigenvalue weighted by Crippen LogP contribution is 2.28. The van der Waals surface area contributed by atoms with Gasteiger partial charge in [0, 0.05) is 0 Å². The minimum Gasteiger partial charge on any atom is -0.476 e. The molecule has 0 aliphatic heterocycles. The Morgan fingerprint density at radius 3 is 2.19 bits per heavy atom. The molecule has 16 heavy (non-hydrogen) atoms. The SMILES string of the molecule is CCOc1nc(N)nc(OCN(C)C)c1N. The van der Waals surface area contributed by atoms with Crippen molar-refractivity contribution in [1.82, 2.24) is 14.9 Å². The molecule has 0 bridgehead atoms. The number of nitrogen functional groups attached to an aromatic ring is 2. The summed E-state index contributed by atoms with van der Waals surface area (Å²) in [4.78, 5) is 9.61. The Kier molecular flexibility index (Phi) is 4.12. The van der Waals surface area contributed by atoms with Crippen LogP contribution in [0.3, 0.4) is 0 Å². The van der Waals surface area contributed by atoms with Gasteiger partial charge < -0.3 is 20.9 Å². The smallest absolute Gasteiger partial charge is 0.247 e. The highest BCUT2D eigenvalue weighted by Gasteiger charge is 2.12. The Bertz CT molecular complexity index is 356. The van der Waals surface area contributed by atoms with E-state index in [1.54, 1.807) is 0 Å². The van der Waals surface area contributed by atoms with Gasteiger partial charge >= 0.3 is 0 Å². The number of nitrogens with two attached hydrogens (primary N) is 2. The van der Waals surface area contributed by atoms with Crippen molar-refractivity contribution in [2.24, 2.45) is 0 Å². The van der Waals surface area contributed by atoms with Crippen molar-refractivity contribution in [2.75, 3.05) is 38.9 Å². The van der Waals surface area contributed by atoms with Gasteiger partial charge in [-0.3, -0.25) is 4.90 Å². The van der Waals surface area contributed by atoms with Gasteiger partial charge in [-0.25, -0.2) is 0 Å². The number of ether oxygens (including phenoxy) is 2. The van der Waals surface area contributed by atoms with Crippen LogP contribution in [0.2, 0.25) is 0 Å². The van der Waals surface area contributed by atoms with Crippen molar-refractivity contribution in [3.63, 3.8) is 0 Å². The summed E-state index contributed by atoms with van der Waals surface area (Å²) in [5, 5.41) is 0. The first-order valence-electron chi connectivity index (χ1n) is 4.88. The molecule has 0 atom stereocenters. The second kappa shape index (κ2) is 5.36. The molecule has 4 N–H and O–H groups in total. The van der Waals surface area contributed by atoms with Gasteiger partial charge in [0.05, 0.1) is 6.61 Å². The summed E-state index contributed by atoms with van der Waals surface area (Å²) in [7, 11) is 3.73. The zero-order valence-corrected chi connectivity index (χ0v) is 9.73. The van der Waals surface area contributed by atoms with E-state index in [1.165, 1.54) is 0 Å². The zero-order valence-electron chi connectivity index (χ0n) is 9.73. The third-order valence-electron chi connectivity index (χ3n) is 1.63. The number of aromatic nitrogens is 2. The Labute approximate surface area is 94.4 Å². The fourth-order valence-electron chi connectivity index (χ4n) is 0.992. The van der Waals surface area contributed by atoms with Gasteiger partial charge in [-0.15, -0.1) is 0 Å². The van der Waals surface area contributed by atoms with E-state index in [9.17, 15) is 0 Å². The average molecular weight is 227 g/mol. The maximum absolute atomic E-state index is 5.78. The third-order valence-corrected chi connectivity index (χ3v) is 1.63. The summed E-state index contributed by atoms with van der Waals surface area (Å²) in [5.74, 6) is 0.569.